The fourth-order valence-electron chi connectivity index (χ4n) is 2.98. The van der Waals surface area contributed by atoms with Crippen LogP contribution in [-0.2, 0) is 11.2 Å². The highest BCUT2D eigenvalue weighted by Gasteiger charge is 2.10. The van der Waals surface area contributed by atoms with Crippen LogP contribution >= 0.6 is 0 Å². The van der Waals surface area contributed by atoms with Gasteiger partial charge in [-0.25, -0.2) is 14.4 Å². The Bertz CT molecular complexity index is 954. The maximum atomic E-state index is 14.2. The highest BCUT2D eigenvalue weighted by Crippen LogP contribution is 2.26. The number of carbonyl (C=O) groups is 1. The number of halogens is 1. The van der Waals surface area contributed by atoms with Gasteiger partial charge in [0.15, 0.2) is 17.4 Å². The van der Waals surface area contributed by atoms with E-state index in [0.717, 1.165) is 12.0 Å². The Kier molecular flexibility index (Phi) is 7.06. The summed E-state index contributed by atoms with van der Waals surface area (Å²) in [6.45, 7) is 3.86. The van der Waals surface area contributed by atoms with Crippen LogP contribution < -0.4 is 4.74 Å². The second kappa shape index (κ2) is 9.92. The number of aryl methyl sites for hydroxylation is 1. The molecular formula is C24H25FN2O2. The molecule has 0 aliphatic heterocycles. The molecule has 0 aliphatic carbocycles. The average Bonchev–Trinajstić information content (AvgIpc) is 2.76. The van der Waals surface area contributed by atoms with Crippen molar-refractivity contribution in [3.63, 3.8) is 0 Å². The maximum absolute atomic E-state index is 14.2. The van der Waals surface area contributed by atoms with Crippen LogP contribution in [0.15, 0.2) is 54.9 Å². The molecule has 0 saturated carbocycles. The number of unbranched alkanes of at least 4 members (excludes halogenated alkanes) is 2. The molecule has 0 radical (unpaired) electrons. The van der Waals surface area contributed by atoms with Gasteiger partial charge in [-0.1, -0.05) is 57.0 Å². The molecule has 0 spiro atoms. The summed E-state index contributed by atoms with van der Waals surface area (Å²) in [5.41, 5.74) is 3.58. The van der Waals surface area contributed by atoms with Crippen molar-refractivity contribution >= 4 is 5.97 Å². The van der Waals surface area contributed by atoms with Crippen LogP contribution in [0.4, 0.5) is 4.39 Å². The lowest BCUT2D eigenvalue weighted by molar-refractivity contribution is -0.134. The lowest BCUT2D eigenvalue weighted by Crippen LogP contribution is -2.06. The average molecular weight is 392 g/mol. The highest BCUT2D eigenvalue weighted by atomic mass is 19.1. The molecule has 0 atom stereocenters. The van der Waals surface area contributed by atoms with Gasteiger partial charge < -0.3 is 4.74 Å². The molecule has 3 rings (SSSR count). The fraction of sp³-hybridized carbons (Fsp3) is 0.292. The van der Waals surface area contributed by atoms with E-state index in [2.05, 4.69) is 29.0 Å². The van der Waals surface area contributed by atoms with Gasteiger partial charge in [-0.15, -0.1) is 0 Å². The van der Waals surface area contributed by atoms with Gasteiger partial charge >= 0.3 is 5.97 Å². The molecule has 5 heteroatoms. The number of aromatic nitrogens is 2. The molecule has 3 aromatic rings. The quantitative estimate of drug-likeness (QED) is 0.268. The van der Waals surface area contributed by atoms with Crippen molar-refractivity contribution in [1.29, 1.82) is 0 Å². The van der Waals surface area contributed by atoms with E-state index in [1.807, 2.05) is 12.1 Å². The minimum atomic E-state index is -0.591. The Morgan fingerprint density at radius 2 is 1.62 bits per heavy atom. The highest BCUT2D eigenvalue weighted by molar-refractivity contribution is 5.72. The second-order valence-electron chi connectivity index (χ2n) is 6.92. The number of ether oxygens (including phenoxy) is 1. The summed E-state index contributed by atoms with van der Waals surface area (Å²) in [5, 5.41) is 0. The van der Waals surface area contributed by atoms with Gasteiger partial charge in [0.2, 0.25) is 0 Å². The van der Waals surface area contributed by atoms with Gasteiger partial charge in [-0.3, -0.25) is 4.79 Å². The first-order valence-electron chi connectivity index (χ1n) is 10.0. The summed E-state index contributed by atoms with van der Waals surface area (Å²) in [4.78, 5) is 20.2. The first-order chi connectivity index (χ1) is 14.1. The topological polar surface area (TPSA) is 52.1 Å². The van der Waals surface area contributed by atoms with E-state index < -0.39 is 11.8 Å². The van der Waals surface area contributed by atoms with Gasteiger partial charge in [0.1, 0.15) is 0 Å². The molecule has 0 aliphatic rings. The van der Waals surface area contributed by atoms with E-state index in [4.69, 9.17) is 4.74 Å². The van der Waals surface area contributed by atoms with Gasteiger partial charge in [0, 0.05) is 29.9 Å². The van der Waals surface area contributed by atoms with Crippen molar-refractivity contribution < 1.29 is 13.9 Å². The number of benzene rings is 2. The van der Waals surface area contributed by atoms with Gasteiger partial charge in [0.05, 0.1) is 0 Å². The zero-order valence-corrected chi connectivity index (χ0v) is 16.8. The molecule has 150 valence electrons. The Morgan fingerprint density at radius 3 is 2.24 bits per heavy atom. The number of esters is 1. The Morgan fingerprint density at radius 1 is 0.931 bits per heavy atom. The third kappa shape index (κ3) is 5.47. The van der Waals surface area contributed by atoms with Gasteiger partial charge in [0.25, 0.3) is 0 Å². The molecule has 2 aromatic carbocycles. The van der Waals surface area contributed by atoms with E-state index in [1.165, 1.54) is 37.0 Å². The van der Waals surface area contributed by atoms with Crippen LogP contribution in [0.3, 0.4) is 0 Å². The largest absolute Gasteiger partial charge is 0.423 e. The fourth-order valence-corrected chi connectivity index (χ4v) is 2.98. The third-order valence-electron chi connectivity index (χ3n) is 4.71. The molecule has 29 heavy (non-hydrogen) atoms. The minimum Gasteiger partial charge on any atom is -0.423 e. The van der Waals surface area contributed by atoms with Crippen molar-refractivity contribution in [2.75, 3.05) is 0 Å². The Hall–Kier alpha value is -3.08. The summed E-state index contributed by atoms with van der Waals surface area (Å²) in [6.07, 6.45) is 8.28. The molecule has 0 saturated heterocycles. The predicted octanol–water partition coefficient (Wildman–Crippen LogP) is 6.00. The van der Waals surface area contributed by atoms with E-state index in [0.29, 0.717) is 17.0 Å². The number of hydrogen-bond acceptors (Lipinski definition) is 4. The molecule has 0 fully saturated rings. The number of carbonyl (C=O) groups excluding carboxylic acids is 1. The van der Waals surface area contributed by atoms with Gasteiger partial charge in [-0.2, -0.15) is 0 Å². The van der Waals surface area contributed by atoms with Crippen LogP contribution in [0.5, 0.6) is 5.75 Å². The second-order valence-corrected chi connectivity index (χ2v) is 6.92. The number of hydrogen-bond donors (Lipinski definition) is 0. The monoisotopic (exact) mass is 392 g/mol. The van der Waals surface area contributed by atoms with E-state index in [1.54, 1.807) is 25.4 Å². The standard InChI is InChI=1S/C24H25FN2O2/c1-3-5-6-7-17-8-10-18(11-9-17)24-26-15-20(16-27-24)19-12-13-22(21(25)14-19)29-23(28)4-2/h8-16H,3-7H2,1-2H3. The Balaban J connectivity index is 1.71. The van der Waals surface area contributed by atoms with Crippen LogP contribution in [-0.4, -0.2) is 15.9 Å². The molecule has 0 unspecified atom stereocenters. The van der Waals surface area contributed by atoms with E-state index in [-0.39, 0.29) is 12.2 Å². The normalized spacial score (nSPS) is 10.7. The first kappa shape index (κ1) is 20.6. The molecular weight excluding hydrogens is 367 g/mol. The van der Waals surface area contributed by atoms with Crippen LogP contribution in [0, 0.1) is 5.82 Å². The van der Waals surface area contributed by atoms with Crippen molar-refractivity contribution in [2.24, 2.45) is 0 Å². The first-order valence-corrected chi connectivity index (χ1v) is 10.0. The summed E-state index contributed by atoms with van der Waals surface area (Å²) in [6, 6.07) is 12.8. The van der Waals surface area contributed by atoms with E-state index >= 15 is 0 Å². The molecule has 0 bridgehead atoms. The molecule has 0 N–H and O–H groups in total. The maximum Gasteiger partial charge on any atom is 0.310 e. The Labute approximate surface area is 170 Å². The lowest BCUT2D eigenvalue weighted by atomic mass is 10.0. The van der Waals surface area contributed by atoms with Crippen molar-refractivity contribution in [3.8, 4) is 28.3 Å². The zero-order valence-electron chi connectivity index (χ0n) is 16.8. The van der Waals surface area contributed by atoms with Crippen molar-refractivity contribution in [2.45, 2.75) is 46.0 Å². The minimum absolute atomic E-state index is 0.0721. The smallest absolute Gasteiger partial charge is 0.310 e. The lowest BCUT2D eigenvalue weighted by Gasteiger charge is -2.07. The zero-order chi connectivity index (χ0) is 20.6. The van der Waals surface area contributed by atoms with Crippen LogP contribution in [0.1, 0.15) is 45.1 Å². The molecule has 1 aromatic heterocycles. The number of rotatable bonds is 8. The summed E-state index contributed by atoms with van der Waals surface area (Å²) < 4.78 is 19.2. The summed E-state index contributed by atoms with van der Waals surface area (Å²) in [7, 11) is 0. The predicted molar refractivity (Wildman–Crippen MR) is 112 cm³/mol. The SMILES string of the molecule is CCCCCc1ccc(-c2ncc(-c3ccc(OC(=O)CC)c(F)c3)cn2)cc1. The molecule has 4 nitrogen and oxygen atoms in total. The molecule has 0 amide bonds. The van der Waals surface area contributed by atoms with Crippen LogP contribution in [0.25, 0.3) is 22.5 Å². The van der Waals surface area contributed by atoms with Crippen LogP contribution in [0.2, 0.25) is 0 Å². The van der Waals surface area contributed by atoms with Gasteiger partial charge in [-0.05, 0) is 36.1 Å². The number of nitrogens with zero attached hydrogens (tertiary/aromatic N) is 2. The molecule has 1 heterocycles. The summed E-state index contributed by atoms with van der Waals surface area (Å²) in [5.74, 6) is -0.507. The summed E-state index contributed by atoms with van der Waals surface area (Å²) >= 11 is 0. The van der Waals surface area contributed by atoms with E-state index in [9.17, 15) is 9.18 Å². The third-order valence-corrected chi connectivity index (χ3v) is 4.71. The van der Waals surface area contributed by atoms with Crippen molar-refractivity contribution in [3.05, 3.63) is 66.2 Å². The van der Waals surface area contributed by atoms with Crippen molar-refractivity contribution in [1.82, 2.24) is 9.97 Å².